The van der Waals surface area contributed by atoms with Crippen LogP contribution < -0.4 is 0 Å². The smallest absolute Gasteiger partial charge is 0.254 e. The number of ether oxygens (including phenoxy) is 1. The molecule has 1 aromatic carbocycles. The van der Waals surface area contributed by atoms with Gasteiger partial charge in [-0.1, -0.05) is 0 Å². The molecule has 0 N–H and O–H groups in total. The van der Waals surface area contributed by atoms with Gasteiger partial charge in [-0.05, 0) is 49.9 Å². The molecule has 4 saturated heterocycles. The van der Waals surface area contributed by atoms with E-state index >= 15 is 0 Å². The van der Waals surface area contributed by atoms with Crippen molar-refractivity contribution in [3.8, 4) is 0 Å². The average molecular weight is 462 g/mol. The summed E-state index contributed by atoms with van der Waals surface area (Å²) in [5.41, 5.74) is 0.453. The second kappa shape index (κ2) is 8.24. The lowest BCUT2D eigenvalue weighted by Gasteiger charge is -2.41. The Morgan fingerprint density at radius 1 is 0.875 bits per heavy atom. The molecule has 0 aliphatic carbocycles. The van der Waals surface area contributed by atoms with Gasteiger partial charge < -0.3 is 9.64 Å². The molecule has 4 heterocycles. The molecule has 0 aromatic heterocycles. The minimum Gasteiger partial charge on any atom is -0.379 e. The molecular weight excluding hydrogens is 434 g/mol. The van der Waals surface area contributed by atoms with Crippen molar-refractivity contribution in [1.29, 1.82) is 0 Å². The average Bonchev–Trinajstić information content (AvgIpc) is 3.28. The zero-order valence-corrected chi connectivity index (χ0v) is 18.6. The van der Waals surface area contributed by atoms with Crippen LogP contribution in [0.3, 0.4) is 0 Å². The molecule has 0 saturated carbocycles. The molecule has 5 rings (SSSR count). The summed E-state index contributed by atoms with van der Waals surface area (Å²) in [5, 5.41) is 0. The molecule has 2 unspecified atom stereocenters. The summed E-state index contributed by atoms with van der Waals surface area (Å²) in [6.07, 6.45) is 3.51. The number of likely N-dealkylation sites (tertiary alicyclic amines) is 1. The van der Waals surface area contributed by atoms with Crippen LogP contribution in [0.1, 0.15) is 48.9 Å². The van der Waals surface area contributed by atoms with E-state index in [0.717, 1.165) is 12.8 Å². The van der Waals surface area contributed by atoms with Crippen molar-refractivity contribution in [2.24, 2.45) is 0 Å². The molecule has 4 aliphatic rings. The topological polar surface area (TPSA) is 104 Å². The van der Waals surface area contributed by atoms with Crippen LogP contribution in [0, 0.1) is 0 Å². The third-order valence-electron chi connectivity index (χ3n) is 7.11. The van der Waals surface area contributed by atoms with E-state index < -0.39 is 10.0 Å². The summed E-state index contributed by atoms with van der Waals surface area (Å²) < 4.78 is 32.3. The standard InChI is InChI=1S/C22H27N3O6S/c26-20-7-8-21(27)25(20)18-13-16-3-4-17(14-18)24(16)22(28)15-1-5-19(6-2-15)32(29,30)23-9-11-31-12-10-23/h1-2,5-6,16-18H,3-4,7-14H2. The molecule has 0 radical (unpaired) electrons. The monoisotopic (exact) mass is 461 g/mol. The molecule has 4 aliphatic heterocycles. The highest BCUT2D eigenvalue weighted by Crippen LogP contribution is 2.39. The Morgan fingerprint density at radius 3 is 2.00 bits per heavy atom. The number of amides is 3. The second-order valence-electron chi connectivity index (χ2n) is 8.92. The van der Waals surface area contributed by atoms with Gasteiger partial charge in [-0.3, -0.25) is 19.3 Å². The van der Waals surface area contributed by atoms with E-state index in [9.17, 15) is 22.8 Å². The van der Waals surface area contributed by atoms with Gasteiger partial charge in [0.2, 0.25) is 21.8 Å². The summed E-state index contributed by atoms with van der Waals surface area (Å²) in [4.78, 5) is 41.1. The fourth-order valence-corrected chi connectivity index (χ4v) is 6.95. The summed E-state index contributed by atoms with van der Waals surface area (Å²) in [5.74, 6) is -0.321. The minimum absolute atomic E-state index is 0.00999. The van der Waals surface area contributed by atoms with Crippen molar-refractivity contribution >= 4 is 27.7 Å². The molecule has 1 aromatic rings. The van der Waals surface area contributed by atoms with E-state index in [4.69, 9.17) is 4.74 Å². The molecule has 10 heteroatoms. The van der Waals surface area contributed by atoms with Crippen LogP contribution in [0.15, 0.2) is 29.2 Å². The minimum atomic E-state index is -3.61. The second-order valence-corrected chi connectivity index (χ2v) is 10.9. The highest BCUT2D eigenvalue weighted by Gasteiger charge is 2.47. The zero-order valence-electron chi connectivity index (χ0n) is 17.8. The number of hydrogen-bond acceptors (Lipinski definition) is 6. The van der Waals surface area contributed by atoms with Crippen LogP contribution in [0.25, 0.3) is 0 Å². The fourth-order valence-electron chi connectivity index (χ4n) is 5.55. The normalized spacial score (nSPS) is 29.1. The van der Waals surface area contributed by atoms with E-state index in [1.165, 1.54) is 21.3 Å². The van der Waals surface area contributed by atoms with E-state index in [-0.39, 0.29) is 53.6 Å². The van der Waals surface area contributed by atoms with Gasteiger partial charge in [0.15, 0.2) is 0 Å². The summed E-state index contributed by atoms with van der Waals surface area (Å²) in [6, 6.07) is 6.00. The van der Waals surface area contributed by atoms with Crippen LogP contribution >= 0.6 is 0 Å². The number of sulfonamides is 1. The Balaban J connectivity index is 1.30. The SMILES string of the molecule is O=C1CCC(=O)N1C1CC2CCC(C1)N2C(=O)c1ccc(S(=O)(=O)N2CCOCC2)cc1. The number of benzene rings is 1. The van der Waals surface area contributed by atoms with E-state index in [2.05, 4.69) is 0 Å². The molecule has 172 valence electrons. The highest BCUT2D eigenvalue weighted by molar-refractivity contribution is 7.89. The number of nitrogens with zero attached hydrogens (tertiary/aromatic N) is 3. The molecule has 3 amide bonds. The Bertz CT molecular complexity index is 1000. The lowest BCUT2D eigenvalue weighted by molar-refractivity contribution is -0.142. The maximum Gasteiger partial charge on any atom is 0.254 e. The molecule has 2 bridgehead atoms. The Labute approximate surface area is 187 Å². The molecule has 4 fully saturated rings. The summed E-state index contributed by atoms with van der Waals surface area (Å²) >= 11 is 0. The number of hydrogen-bond donors (Lipinski definition) is 0. The number of rotatable bonds is 4. The first-order valence-electron chi connectivity index (χ1n) is 11.2. The van der Waals surface area contributed by atoms with Crippen molar-refractivity contribution in [1.82, 2.24) is 14.1 Å². The number of piperidine rings is 1. The molecule has 2 atom stereocenters. The van der Waals surface area contributed by atoms with Gasteiger partial charge >= 0.3 is 0 Å². The third kappa shape index (κ3) is 3.64. The number of fused-ring (bicyclic) bond motifs is 2. The van der Waals surface area contributed by atoms with E-state index in [0.29, 0.717) is 44.7 Å². The van der Waals surface area contributed by atoms with Gasteiger partial charge in [0.1, 0.15) is 0 Å². The Hall–Kier alpha value is -2.30. The molecule has 0 spiro atoms. The first-order chi connectivity index (χ1) is 15.4. The predicted octanol–water partition coefficient (Wildman–Crippen LogP) is 0.992. The molecule has 9 nitrogen and oxygen atoms in total. The van der Waals surface area contributed by atoms with Crippen molar-refractivity contribution in [3.05, 3.63) is 29.8 Å². The van der Waals surface area contributed by atoms with Crippen LogP contribution in [-0.2, 0) is 24.3 Å². The Morgan fingerprint density at radius 2 is 1.44 bits per heavy atom. The van der Waals surface area contributed by atoms with Crippen LogP contribution in [0.5, 0.6) is 0 Å². The van der Waals surface area contributed by atoms with Crippen LogP contribution in [0.2, 0.25) is 0 Å². The van der Waals surface area contributed by atoms with E-state index in [1.807, 2.05) is 4.90 Å². The quantitative estimate of drug-likeness (QED) is 0.620. The van der Waals surface area contributed by atoms with Crippen LogP contribution in [-0.4, -0.2) is 84.7 Å². The van der Waals surface area contributed by atoms with Crippen molar-refractivity contribution in [2.75, 3.05) is 26.3 Å². The number of morpholine rings is 1. The Kier molecular flexibility index (Phi) is 5.55. The highest BCUT2D eigenvalue weighted by atomic mass is 32.2. The third-order valence-corrected chi connectivity index (χ3v) is 9.02. The maximum atomic E-state index is 13.3. The van der Waals surface area contributed by atoms with Crippen molar-refractivity contribution in [2.45, 2.75) is 61.5 Å². The van der Waals surface area contributed by atoms with Gasteiger partial charge in [0.25, 0.3) is 5.91 Å². The van der Waals surface area contributed by atoms with Gasteiger partial charge in [0.05, 0.1) is 18.1 Å². The van der Waals surface area contributed by atoms with Gasteiger partial charge in [0, 0.05) is 49.6 Å². The maximum absolute atomic E-state index is 13.3. The predicted molar refractivity (Wildman–Crippen MR) is 113 cm³/mol. The van der Waals surface area contributed by atoms with Gasteiger partial charge in [-0.15, -0.1) is 0 Å². The largest absolute Gasteiger partial charge is 0.379 e. The van der Waals surface area contributed by atoms with Gasteiger partial charge in [-0.25, -0.2) is 8.42 Å². The molecule has 32 heavy (non-hydrogen) atoms. The zero-order chi connectivity index (χ0) is 22.5. The van der Waals surface area contributed by atoms with Gasteiger partial charge in [-0.2, -0.15) is 4.31 Å². The first-order valence-corrected chi connectivity index (χ1v) is 12.7. The summed E-state index contributed by atoms with van der Waals surface area (Å²) in [6.45, 7) is 1.40. The molecular formula is C22H27N3O6S. The van der Waals surface area contributed by atoms with Crippen LogP contribution in [0.4, 0.5) is 0 Å². The number of imide groups is 1. The lowest BCUT2D eigenvalue weighted by Crippen LogP contribution is -2.53. The lowest BCUT2D eigenvalue weighted by atomic mass is 9.95. The van der Waals surface area contributed by atoms with Crippen molar-refractivity contribution in [3.63, 3.8) is 0 Å². The van der Waals surface area contributed by atoms with E-state index in [1.54, 1.807) is 12.1 Å². The fraction of sp³-hybridized carbons (Fsp3) is 0.591. The summed E-state index contributed by atoms with van der Waals surface area (Å²) in [7, 11) is -3.61. The number of carbonyl (C=O) groups excluding carboxylic acids is 3. The van der Waals surface area contributed by atoms with Crippen molar-refractivity contribution < 1.29 is 27.5 Å². The number of carbonyl (C=O) groups is 3. The first kappa shape index (κ1) is 21.5.